The normalized spacial score (nSPS) is 10.8. The Bertz CT molecular complexity index is 546. The maximum absolute atomic E-state index is 10.4. The average molecular weight is 263 g/mol. The number of imidazole rings is 1. The molecular formula is C12H17N5O2. The molecule has 0 atom stereocenters. The summed E-state index contributed by atoms with van der Waals surface area (Å²) in [6, 6.07) is 0. The van der Waals surface area contributed by atoms with Crippen LogP contribution in [0.25, 0.3) is 0 Å². The number of hydrogen-bond acceptors (Lipinski definition) is 4. The number of nitrogens with zero attached hydrogens (tertiary/aromatic N) is 5. The lowest BCUT2D eigenvalue weighted by atomic mass is 10.1. The molecule has 0 saturated carbocycles. The summed E-state index contributed by atoms with van der Waals surface area (Å²) in [5.74, 6) is 0.167. The Labute approximate surface area is 110 Å². The van der Waals surface area contributed by atoms with Crippen LogP contribution in [-0.2, 0) is 24.8 Å². The maximum Gasteiger partial charge on any atom is 0.303 e. The van der Waals surface area contributed by atoms with Crippen LogP contribution >= 0.6 is 0 Å². The predicted molar refractivity (Wildman–Crippen MR) is 67.5 cm³/mol. The molecule has 0 bridgehead atoms. The van der Waals surface area contributed by atoms with Crippen LogP contribution < -0.4 is 0 Å². The molecule has 2 rings (SSSR count). The molecule has 0 aliphatic carbocycles. The van der Waals surface area contributed by atoms with Crippen LogP contribution in [0.15, 0.2) is 18.6 Å². The van der Waals surface area contributed by atoms with Crippen LogP contribution in [0.3, 0.4) is 0 Å². The zero-order valence-electron chi connectivity index (χ0n) is 10.9. The summed E-state index contributed by atoms with van der Waals surface area (Å²) < 4.78 is 3.68. The van der Waals surface area contributed by atoms with Gasteiger partial charge in [-0.25, -0.2) is 9.67 Å². The summed E-state index contributed by atoms with van der Waals surface area (Å²) in [5, 5.41) is 16.7. The minimum absolute atomic E-state index is 0.210. The van der Waals surface area contributed by atoms with Crippen LogP contribution in [0.4, 0.5) is 0 Å². The second kappa shape index (κ2) is 6.12. The molecule has 0 spiro atoms. The van der Waals surface area contributed by atoms with E-state index in [4.69, 9.17) is 5.11 Å². The van der Waals surface area contributed by atoms with E-state index in [1.165, 1.54) is 0 Å². The number of unbranched alkanes of at least 4 members (excludes halogenated alkanes) is 1. The molecule has 102 valence electrons. The molecule has 0 saturated heterocycles. The summed E-state index contributed by atoms with van der Waals surface area (Å²) in [7, 11) is 1.94. The van der Waals surface area contributed by atoms with Crippen LogP contribution in [0.1, 0.15) is 30.8 Å². The quantitative estimate of drug-likeness (QED) is 0.749. The van der Waals surface area contributed by atoms with Gasteiger partial charge in [0, 0.05) is 32.1 Å². The fourth-order valence-corrected chi connectivity index (χ4v) is 1.81. The van der Waals surface area contributed by atoms with Crippen molar-refractivity contribution in [2.24, 2.45) is 7.05 Å². The number of aliphatic carboxylic acids is 1. The third-order valence-electron chi connectivity index (χ3n) is 2.88. The van der Waals surface area contributed by atoms with E-state index in [1.54, 1.807) is 10.9 Å². The van der Waals surface area contributed by atoms with E-state index in [9.17, 15) is 4.79 Å². The molecule has 1 N–H and O–H groups in total. The van der Waals surface area contributed by atoms with E-state index in [1.807, 2.05) is 24.0 Å². The second-order valence-corrected chi connectivity index (χ2v) is 4.46. The Balaban J connectivity index is 1.82. The van der Waals surface area contributed by atoms with Crippen molar-refractivity contribution < 1.29 is 9.90 Å². The lowest BCUT2D eigenvalue weighted by Gasteiger charge is -2.00. The standard InChI is InChI=1S/C12H17N5O2/c1-16-7-6-13-11(16)9-17-8-10(14-15-17)4-2-3-5-12(18)19/h6-8H,2-5,9H2,1H3,(H,18,19). The van der Waals surface area contributed by atoms with E-state index in [-0.39, 0.29) is 6.42 Å². The van der Waals surface area contributed by atoms with Crippen LogP contribution in [0.5, 0.6) is 0 Å². The molecule has 0 amide bonds. The van der Waals surface area contributed by atoms with Gasteiger partial charge in [0.1, 0.15) is 12.4 Å². The summed E-state index contributed by atoms with van der Waals surface area (Å²) in [6.07, 6.45) is 7.97. The van der Waals surface area contributed by atoms with E-state index in [0.29, 0.717) is 13.0 Å². The van der Waals surface area contributed by atoms with Crippen molar-refractivity contribution in [2.75, 3.05) is 0 Å². The highest BCUT2D eigenvalue weighted by molar-refractivity contribution is 5.66. The number of carbonyl (C=O) groups is 1. The highest BCUT2D eigenvalue weighted by atomic mass is 16.4. The number of hydrogen-bond donors (Lipinski definition) is 1. The van der Waals surface area contributed by atoms with Gasteiger partial charge in [-0.05, 0) is 19.3 Å². The van der Waals surface area contributed by atoms with Gasteiger partial charge in [-0.3, -0.25) is 4.79 Å². The van der Waals surface area contributed by atoms with Gasteiger partial charge in [0.25, 0.3) is 0 Å². The fraction of sp³-hybridized carbons (Fsp3) is 0.500. The molecule has 7 heteroatoms. The first kappa shape index (κ1) is 13.3. The van der Waals surface area contributed by atoms with Crippen LogP contribution in [-0.4, -0.2) is 35.6 Å². The Morgan fingerprint density at radius 1 is 1.42 bits per heavy atom. The van der Waals surface area contributed by atoms with Crippen LogP contribution in [0.2, 0.25) is 0 Å². The average Bonchev–Trinajstić information content (AvgIpc) is 2.96. The monoisotopic (exact) mass is 263 g/mol. The Morgan fingerprint density at radius 3 is 2.95 bits per heavy atom. The van der Waals surface area contributed by atoms with E-state index in [0.717, 1.165) is 24.4 Å². The van der Waals surface area contributed by atoms with Gasteiger partial charge >= 0.3 is 5.97 Å². The molecule has 0 aliphatic heterocycles. The summed E-state index contributed by atoms with van der Waals surface area (Å²) in [6.45, 7) is 0.589. The number of carboxylic acid groups (broad SMARTS) is 1. The molecule has 2 heterocycles. The molecule has 0 aliphatic rings. The first-order chi connectivity index (χ1) is 9.15. The third-order valence-corrected chi connectivity index (χ3v) is 2.88. The van der Waals surface area contributed by atoms with Crippen molar-refractivity contribution in [1.82, 2.24) is 24.5 Å². The van der Waals surface area contributed by atoms with Gasteiger partial charge in [-0.2, -0.15) is 0 Å². The van der Waals surface area contributed by atoms with Crippen molar-refractivity contribution in [2.45, 2.75) is 32.2 Å². The van der Waals surface area contributed by atoms with Crippen molar-refractivity contribution in [3.8, 4) is 0 Å². The molecule has 19 heavy (non-hydrogen) atoms. The van der Waals surface area contributed by atoms with Crippen LogP contribution in [0, 0.1) is 0 Å². The topological polar surface area (TPSA) is 85.8 Å². The molecule has 0 unspecified atom stereocenters. The zero-order chi connectivity index (χ0) is 13.7. The highest BCUT2D eigenvalue weighted by Gasteiger charge is 2.05. The van der Waals surface area contributed by atoms with Crippen molar-refractivity contribution in [3.05, 3.63) is 30.1 Å². The molecule has 7 nitrogen and oxygen atoms in total. The second-order valence-electron chi connectivity index (χ2n) is 4.46. The Morgan fingerprint density at radius 2 is 2.26 bits per heavy atom. The minimum Gasteiger partial charge on any atom is -0.481 e. The highest BCUT2D eigenvalue weighted by Crippen LogP contribution is 2.05. The van der Waals surface area contributed by atoms with Gasteiger partial charge in [0.2, 0.25) is 0 Å². The Kier molecular flexibility index (Phi) is 4.27. The lowest BCUT2D eigenvalue weighted by molar-refractivity contribution is -0.137. The number of carboxylic acids is 1. The molecule has 2 aromatic rings. The zero-order valence-corrected chi connectivity index (χ0v) is 10.9. The minimum atomic E-state index is -0.751. The maximum atomic E-state index is 10.4. The number of aromatic nitrogens is 5. The first-order valence-electron chi connectivity index (χ1n) is 6.22. The van der Waals surface area contributed by atoms with Gasteiger partial charge in [0.05, 0.1) is 5.69 Å². The molecule has 0 fully saturated rings. The first-order valence-corrected chi connectivity index (χ1v) is 6.22. The number of rotatable bonds is 7. The van der Waals surface area contributed by atoms with Gasteiger partial charge in [-0.15, -0.1) is 5.10 Å². The Hall–Kier alpha value is -2.18. The van der Waals surface area contributed by atoms with E-state index < -0.39 is 5.97 Å². The van der Waals surface area contributed by atoms with Gasteiger partial charge in [-0.1, -0.05) is 5.21 Å². The summed E-state index contributed by atoms with van der Waals surface area (Å²) >= 11 is 0. The van der Waals surface area contributed by atoms with Crippen molar-refractivity contribution in [1.29, 1.82) is 0 Å². The van der Waals surface area contributed by atoms with E-state index >= 15 is 0 Å². The number of aryl methyl sites for hydroxylation is 2. The summed E-state index contributed by atoms with van der Waals surface area (Å²) in [4.78, 5) is 14.6. The van der Waals surface area contributed by atoms with Gasteiger partial charge in [0.15, 0.2) is 0 Å². The van der Waals surface area contributed by atoms with Gasteiger partial charge < -0.3 is 9.67 Å². The largest absolute Gasteiger partial charge is 0.481 e. The molecule has 0 radical (unpaired) electrons. The van der Waals surface area contributed by atoms with Crippen molar-refractivity contribution >= 4 is 5.97 Å². The van der Waals surface area contributed by atoms with E-state index in [2.05, 4.69) is 15.3 Å². The molecular weight excluding hydrogens is 246 g/mol. The smallest absolute Gasteiger partial charge is 0.303 e. The molecule has 0 aromatic carbocycles. The lowest BCUT2D eigenvalue weighted by Crippen LogP contribution is -2.06. The predicted octanol–water partition coefficient (Wildman–Crippen LogP) is 0.857. The fourth-order valence-electron chi connectivity index (χ4n) is 1.81. The molecule has 2 aromatic heterocycles. The SMILES string of the molecule is Cn1ccnc1Cn1cc(CCCCC(=O)O)nn1. The summed E-state index contributed by atoms with van der Waals surface area (Å²) in [5.41, 5.74) is 0.889. The van der Waals surface area contributed by atoms with Crippen molar-refractivity contribution in [3.63, 3.8) is 0 Å². The third kappa shape index (κ3) is 3.90.